The summed E-state index contributed by atoms with van der Waals surface area (Å²) in [4.78, 5) is 43.0. The van der Waals surface area contributed by atoms with Gasteiger partial charge in [-0.2, -0.15) is 4.37 Å². The van der Waals surface area contributed by atoms with E-state index in [1.807, 2.05) is 52.0 Å². The molecule has 1 aromatic carbocycles. The molecule has 1 fully saturated rings. The number of aromatic nitrogens is 1. The number of hydrogen-bond acceptors (Lipinski definition) is 8. The number of morpholine rings is 1. The molecule has 3 amide bonds. The van der Waals surface area contributed by atoms with Crippen LogP contribution in [0.3, 0.4) is 0 Å². The van der Waals surface area contributed by atoms with E-state index in [1.165, 1.54) is 4.90 Å². The topological polar surface area (TPSA) is 144 Å². The van der Waals surface area contributed by atoms with Crippen LogP contribution >= 0.6 is 11.5 Å². The highest BCUT2D eigenvalue weighted by atomic mass is 32.1. The van der Waals surface area contributed by atoms with E-state index in [-0.39, 0.29) is 28.7 Å². The molecule has 2 heterocycles. The quantitative estimate of drug-likeness (QED) is 0.497. The Hall–Kier alpha value is -3.02. The van der Waals surface area contributed by atoms with Crippen molar-refractivity contribution in [3.05, 3.63) is 46.0 Å². The van der Waals surface area contributed by atoms with E-state index in [1.54, 1.807) is 0 Å². The summed E-state index contributed by atoms with van der Waals surface area (Å²) < 4.78 is 9.42. The van der Waals surface area contributed by atoms with Crippen molar-refractivity contribution in [1.82, 2.24) is 19.5 Å². The number of nitrogens with zero attached hydrogens (tertiary/aromatic N) is 3. The number of aryl methyl sites for hydroxylation is 1. The standard InChI is InChI=1S/C24H34N6O4S/c1-15-5-7-16(8-6-15)19(22(32)27-24(2,3)4)30(10-9-29-11-13-34-14-12-29)23(33)20-17(25)18(21(26)31)28-35-20/h5-8,19H,9-14,25H2,1-4H3,(H2,26,31)(H,27,32)/t19-/m0/s1. The molecule has 0 aliphatic carbocycles. The molecule has 0 bridgehead atoms. The van der Waals surface area contributed by atoms with E-state index >= 15 is 0 Å². The van der Waals surface area contributed by atoms with Crippen LogP contribution in [0.25, 0.3) is 0 Å². The van der Waals surface area contributed by atoms with Crippen LogP contribution in [0.1, 0.15) is 58.1 Å². The first-order valence-corrected chi connectivity index (χ1v) is 12.3. The largest absolute Gasteiger partial charge is 0.395 e. The van der Waals surface area contributed by atoms with Crippen LogP contribution in [0.4, 0.5) is 5.69 Å². The maximum atomic E-state index is 13.9. The summed E-state index contributed by atoms with van der Waals surface area (Å²) in [7, 11) is 0. The average molecular weight is 503 g/mol. The Labute approximate surface area is 209 Å². The van der Waals surface area contributed by atoms with Crippen LogP contribution in [-0.2, 0) is 9.53 Å². The van der Waals surface area contributed by atoms with Crippen molar-refractivity contribution in [1.29, 1.82) is 0 Å². The lowest BCUT2D eigenvalue weighted by Gasteiger charge is -2.35. The Bertz CT molecular complexity index is 1060. The molecule has 5 N–H and O–H groups in total. The fourth-order valence-corrected chi connectivity index (χ4v) is 4.60. The summed E-state index contributed by atoms with van der Waals surface area (Å²) in [6.07, 6.45) is 0. The minimum absolute atomic E-state index is 0.0669. The second-order valence-corrected chi connectivity index (χ2v) is 10.4. The fourth-order valence-electron chi connectivity index (χ4n) is 3.84. The van der Waals surface area contributed by atoms with Gasteiger partial charge >= 0.3 is 0 Å². The predicted molar refractivity (Wildman–Crippen MR) is 135 cm³/mol. The molecule has 3 rings (SSSR count). The number of amides is 3. The zero-order chi connectivity index (χ0) is 25.8. The third kappa shape index (κ3) is 6.77. The lowest BCUT2D eigenvalue weighted by molar-refractivity contribution is -0.127. The average Bonchev–Trinajstić information content (AvgIpc) is 3.18. The van der Waals surface area contributed by atoms with Gasteiger partial charge in [-0.3, -0.25) is 19.3 Å². The molecular formula is C24H34N6O4S. The second-order valence-electron chi connectivity index (χ2n) is 9.64. The number of nitrogen functional groups attached to an aromatic ring is 1. The number of carbonyl (C=O) groups is 3. The summed E-state index contributed by atoms with van der Waals surface area (Å²) in [6.45, 7) is 11.1. The first-order valence-electron chi connectivity index (χ1n) is 11.5. The highest BCUT2D eigenvalue weighted by Gasteiger charge is 2.36. The van der Waals surface area contributed by atoms with Gasteiger partial charge in [0.2, 0.25) is 5.91 Å². The van der Waals surface area contributed by atoms with E-state index in [0.29, 0.717) is 25.3 Å². The van der Waals surface area contributed by atoms with Gasteiger partial charge in [0.1, 0.15) is 10.9 Å². The Morgan fingerprint density at radius 1 is 1.20 bits per heavy atom. The van der Waals surface area contributed by atoms with E-state index < -0.39 is 23.4 Å². The number of hydrogen-bond donors (Lipinski definition) is 3. The van der Waals surface area contributed by atoms with Crippen molar-refractivity contribution < 1.29 is 19.1 Å². The number of nitrogens with one attached hydrogen (secondary N) is 1. The first kappa shape index (κ1) is 26.6. The van der Waals surface area contributed by atoms with Crippen LogP contribution in [0.15, 0.2) is 24.3 Å². The number of ether oxygens (including phenoxy) is 1. The molecule has 1 saturated heterocycles. The van der Waals surface area contributed by atoms with Gasteiger partial charge in [-0.25, -0.2) is 0 Å². The van der Waals surface area contributed by atoms with Gasteiger partial charge in [-0.15, -0.1) is 0 Å². The summed E-state index contributed by atoms with van der Waals surface area (Å²) in [6, 6.07) is 6.60. The fraction of sp³-hybridized carbons (Fsp3) is 0.500. The van der Waals surface area contributed by atoms with Gasteiger partial charge in [0, 0.05) is 31.7 Å². The summed E-state index contributed by atoms with van der Waals surface area (Å²) in [5.41, 5.74) is 12.4. The summed E-state index contributed by atoms with van der Waals surface area (Å²) >= 11 is 0.810. The van der Waals surface area contributed by atoms with Gasteiger partial charge in [-0.05, 0) is 44.8 Å². The zero-order valence-electron chi connectivity index (χ0n) is 20.7. The van der Waals surface area contributed by atoms with Crippen molar-refractivity contribution in [2.24, 2.45) is 5.73 Å². The maximum absolute atomic E-state index is 13.9. The van der Waals surface area contributed by atoms with E-state index in [0.717, 1.165) is 30.2 Å². The lowest BCUT2D eigenvalue weighted by Crippen LogP contribution is -2.51. The molecule has 2 aromatic rings. The highest BCUT2D eigenvalue weighted by Crippen LogP contribution is 2.29. The Balaban J connectivity index is 2.03. The van der Waals surface area contributed by atoms with Crippen LogP contribution in [0.5, 0.6) is 0 Å². The van der Waals surface area contributed by atoms with Crippen molar-refractivity contribution in [2.45, 2.75) is 39.3 Å². The highest BCUT2D eigenvalue weighted by molar-refractivity contribution is 7.09. The minimum Gasteiger partial charge on any atom is -0.395 e. The number of nitrogens with two attached hydrogens (primary N) is 2. The normalized spacial score (nSPS) is 15.4. The molecule has 190 valence electrons. The monoisotopic (exact) mass is 502 g/mol. The molecule has 1 aliphatic heterocycles. The number of anilines is 1. The molecule has 0 radical (unpaired) electrons. The number of benzene rings is 1. The summed E-state index contributed by atoms with van der Waals surface area (Å²) in [5, 5.41) is 3.01. The molecule has 0 saturated carbocycles. The van der Waals surface area contributed by atoms with Crippen LogP contribution in [-0.4, -0.2) is 76.8 Å². The number of carbonyl (C=O) groups excluding carboxylic acids is 3. The number of rotatable bonds is 8. The molecule has 35 heavy (non-hydrogen) atoms. The van der Waals surface area contributed by atoms with Crippen LogP contribution in [0, 0.1) is 6.92 Å². The first-order chi connectivity index (χ1) is 16.5. The van der Waals surface area contributed by atoms with Crippen molar-refractivity contribution >= 4 is 34.9 Å². The maximum Gasteiger partial charge on any atom is 0.270 e. The van der Waals surface area contributed by atoms with E-state index in [2.05, 4.69) is 14.6 Å². The van der Waals surface area contributed by atoms with Gasteiger partial charge in [-0.1, -0.05) is 29.8 Å². The molecule has 10 nitrogen and oxygen atoms in total. The molecule has 1 aromatic heterocycles. The lowest BCUT2D eigenvalue weighted by atomic mass is 10.00. The Morgan fingerprint density at radius 3 is 2.37 bits per heavy atom. The summed E-state index contributed by atoms with van der Waals surface area (Å²) in [5.74, 6) is -1.59. The van der Waals surface area contributed by atoms with Gasteiger partial charge < -0.3 is 26.4 Å². The second kappa shape index (κ2) is 11.1. The van der Waals surface area contributed by atoms with Gasteiger partial charge in [0.05, 0.1) is 18.9 Å². The van der Waals surface area contributed by atoms with E-state index in [9.17, 15) is 14.4 Å². The van der Waals surface area contributed by atoms with Gasteiger partial charge in [0.15, 0.2) is 5.69 Å². The predicted octanol–water partition coefficient (Wildman–Crippen LogP) is 1.56. The SMILES string of the molecule is Cc1ccc([C@@H](C(=O)NC(C)(C)C)N(CCN2CCOCC2)C(=O)c2snc(C(N)=O)c2N)cc1. The molecule has 11 heteroatoms. The third-order valence-corrected chi connectivity index (χ3v) is 6.48. The van der Waals surface area contributed by atoms with Crippen LogP contribution in [0.2, 0.25) is 0 Å². The molecule has 1 aliphatic rings. The van der Waals surface area contributed by atoms with Crippen molar-refractivity contribution in [2.75, 3.05) is 45.1 Å². The number of primary amides is 1. The molecule has 0 spiro atoms. The third-order valence-electron chi connectivity index (χ3n) is 5.63. The van der Waals surface area contributed by atoms with Gasteiger partial charge in [0.25, 0.3) is 11.8 Å². The van der Waals surface area contributed by atoms with E-state index in [4.69, 9.17) is 16.2 Å². The van der Waals surface area contributed by atoms with Crippen molar-refractivity contribution in [3.63, 3.8) is 0 Å². The Kier molecular flexibility index (Phi) is 8.47. The molecular weight excluding hydrogens is 468 g/mol. The molecule has 0 unspecified atom stereocenters. The smallest absolute Gasteiger partial charge is 0.270 e. The molecule has 1 atom stereocenters. The minimum atomic E-state index is -0.915. The zero-order valence-corrected chi connectivity index (χ0v) is 21.5. The van der Waals surface area contributed by atoms with Crippen molar-refractivity contribution in [3.8, 4) is 0 Å². The Morgan fingerprint density at radius 2 is 1.83 bits per heavy atom. The van der Waals surface area contributed by atoms with Crippen LogP contribution < -0.4 is 16.8 Å².